The molecule has 0 N–H and O–H groups in total. The monoisotopic (exact) mass is 272 g/mol. The molecule has 4 nitrogen and oxygen atoms in total. The molecule has 0 unspecified atom stereocenters. The number of hydrogen-bond donors (Lipinski definition) is 0. The molecule has 2 aliphatic rings. The molecule has 0 saturated carbocycles. The number of nitrogens with zero attached hydrogens (tertiary/aromatic N) is 2. The van der Waals surface area contributed by atoms with Crippen LogP contribution in [-0.4, -0.2) is 29.4 Å². The third kappa shape index (κ3) is 1.82. The third-order valence-electron chi connectivity index (χ3n) is 4.30. The molecule has 3 amide bonds. The summed E-state index contributed by atoms with van der Waals surface area (Å²) in [5.41, 5.74) is 3.91. The maximum atomic E-state index is 12.6. The molecule has 2 fully saturated rings. The Kier molecular flexibility index (Phi) is 3.04. The van der Waals surface area contributed by atoms with E-state index in [1.807, 2.05) is 32.9 Å². The van der Waals surface area contributed by atoms with E-state index in [4.69, 9.17) is 0 Å². The number of benzene rings is 1. The normalized spacial score (nSPS) is 22.4. The van der Waals surface area contributed by atoms with Gasteiger partial charge in [0.05, 0.1) is 5.69 Å². The van der Waals surface area contributed by atoms with Crippen molar-refractivity contribution in [2.75, 3.05) is 11.4 Å². The first-order valence-electron chi connectivity index (χ1n) is 7.23. The number of carbonyl (C=O) groups excluding carboxylic acids is 2. The molecule has 1 aromatic rings. The van der Waals surface area contributed by atoms with Crippen LogP contribution in [0.2, 0.25) is 0 Å². The lowest BCUT2D eigenvalue weighted by molar-refractivity contribution is -0.120. The molecular weight excluding hydrogens is 252 g/mol. The summed E-state index contributed by atoms with van der Waals surface area (Å²) in [7, 11) is 0. The standard InChI is InChI=1S/C16H20N2O2/c1-10-8-11(2)14(12(3)9-10)18-15(19)13-6-4-5-7-17(13)16(18)20/h8-9,13H,4-7H2,1-3H3/t13-/m1/s1. The maximum Gasteiger partial charge on any atom is 0.332 e. The van der Waals surface area contributed by atoms with Crippen LogP contribution in [-0.2, 0) is 4.79 Å². The summed E-state index contributed by atoms with van der Waals surface area (Å²) in [6.45, 7) is 6.66. The lowest BCUT2D eigenvalue weighted by atomic mass is 10.0. The van der Waals surface area contributed by atoms with Crippen molar-refractivity contribution in [2.24, 2.45) is 0 Å². The molecule has 2 heterocycles. The van der Waals surface area contributed by atoms with Gasteiger partial charge in [0.1, 0.15) is 6.04 Å². The first-order chi connectivity index (χ1) is 9.50. The van der Waals surface area contributed by atoms with E-state index >= 15 is 0 Å². The van der Waals surface area contributed by atoms with Crippen LogP contribution in [0.15, 0.2) is 12.1 Å². The Hall–Kier alpha value is -1.84. The van der Waals surface area contributed by atoms with E-state index in [2.05, 4.69) is 0 Å². The fraction of sp³-hybridized carbons (Fsp3) is 0.500. The molecule has 0 radical (unpaired) electrons. The van der Waals surface area contributed by atoms with Gasteiger partial charge in [0.25, 0.3) is 5.91 Å². The van der Waals surface area contributed by atoms with Crippen LogP contribution >= 0.6 is 0 Å². The molecule has 0 aromatic heterocycles. The van der Waals surface area contributed by atoms with Crippen molar-refractivity contribution in [3.8, 4) is 0 Å². The highest BCUT2D eigenvalue weighted by atomic mass is 16.2. The number of anilines is 1. The molecule has 20 heavy (non-hydrogen) atoms. The number of rotatable bonds is 1. The van der Waals surface area contributed by atoms with Gasteiger partial charge in [-0.25, -0.2) is 9.69 Å². The van der Waals surface area contributed by atoms with Crippen molar-refractivity contribution in [3.05, 3.63) is 28.8 Å². The van der Waals surface area contributed by atoms with Gasteiger partial charge in [-0.2, -0.15) is 0 Å². The summed E-state index contributed by atoms with van der Waals surface area (Å²) in [6, 6.07) is 3.67. The largest absolute Gasteiger partial charge is 0.332 e. The predicted octanol–water partition coefficient (Wildman–Crippen LogP) is 2.93. The zero-order valence-electron chi connectivity index (χ0n) is 12.3. The molecule has 3 rings (SSSR count). The second-order valence-corrected chi connectivity index (χ2v) is 5.91. The number of piperidine rings is 1. The van der Waals surface area contributed by atoms with Crippen LogP contribution < -0.4 is 4.90 Å². The van der Waals surface area contributed by atoms with Crippen molar-refractivity contribution in [3.63, 3.8) is 0 Å². The van der Waals surface area contributed by atoms with Gasteiger partial charge in [-0.3, -0.25) is 4.79 Å². The van der Waals surface area contributed by atoms with Crippen LogP contribution in [0, 0.1) is 20.8 Å². The number of urea groups is 1. The number of amides is 3. The average Bonchev–Trinajstić information content (AvgIpc) is 2.64. The van der Waals surface area contributed by atoms with Crippen molar-refractivity contribution in [1.29, 1.82) is 0 Å². The van der Waals surface area contributed by atoms with Gasteiger partial charge in [0, 0.05) is 6.54 Å². The van der Waals surface area contributed by atoms with Gasteiger partial charge in [0.2, 0.25) is 0 Å². The highest BCUT2D eigenvalue weighted by Gasteiger charge is 2.47. The summed E-state index contributed by atoms with van der Waals surface area (Å²) in [6.07, 6.45) is 2.82. The topological polar surface area (TPSA) is 40.6 Å². The zero-order chi connectivity index (χ0) is 14.4. The molecule has 2 aliphatic heterocycles. The fourth-order valence-electron chi connectivity index (χ4n) is 3.52. The summed E-state index contributed by atoms with van der Waals surface area (Å²) in [5.74, 6) is -0.0512. The van der Waals surface area contributed by atoms with Crippen LogP contribution in [0.1, 0.15) is 36.0 Å². The molecule has 1 atom stereocenters. The van der Waals surface area contributed by atoms with E-state index in [1.54, 1.807) is 4.90 Å². The average molecular weight is 272 g/mol. The highest BCUT2D eigenvalue weighted by molar-refractivity contribution is 6.22. The van der Waals surface area contributed by atoms with Crippen LogP contribution in [0.3, 0.4) is 0 Å². The van der Waals surface area contributed by atoms with Gasteiger partial charge in [-0.1, -0.05) is 17.7 Å². The van der Waals surface area contributed by atoms with Gasteiger partial charge < -0.3 is 4.90 Å². The van der Waals surface area contributed by atoms with E-state index in [1.165, 1.54) is 4.90 Å². The van der Waals surface area contributed by atoms with Crippen molar-refractivity contribution in [1.82, 2.24) is 4.90 Å². The Morgan fingerprint density at radius 1 is 1.05 bits per heavy atom. The first kappa shape index (κ1) is 13.2. The van der Waals surface area contributed by atoms with Gasteiger partial charge in [0.15, 0.2) is 0 Å². The van der Waals surface area contributed by atoms with Crippen molar-refractivity contribution < 1.29 is 9.59 Å². The Morgan fingerprint density at radius 3 is 2.30 bits per heavy atom. The second-order valence-electron chi connectivity index (χ2n) is 5.91. The van der Waals surface area contributed by atoms with Crippen molar-refractivity contribution >= 4 is 17.6 Å². The molecule has 0 bridgehead atoms. The van der Waals surface area contributed by atoms with Gasteiger partial charge in [-0.15, -0.1) is 0 Å². The number of hydrogen-bond acceptors (Lipinski definition) is 2. The second kappa shape index (κ2) is 4.62. The molecule has 2 saturated heterocycles. The number of carbonyl (C=O) groups is 2. The fourth-order valence-corrected chi connectivity index (χ4v) is 3.52. The van der Waals surface area contributed by atoms with Crippen LogP contribution in [0.4, 0.5) is 10.5 Å². The molecule has 1 aromatic carbocycles. The summed E-state index contributed by atoms with van der Waals surface area (Å²) in [5, 5.41) is 0. The molecular formula is C16H20N2O2. The van der Waals surface area contributed by atoms with Crippen LogP contribution in [0.25, 0.3) is 0 Å². The summed E-state index contributed by atoms with van der Waals surface area (Å²) >= 11 is 0. The number of imide groups is 1. The van der Waals surface area contributed by atoms with E-state index in [9.17, 15) is 9.59 Å². The Morgan fingerprint density at radius 2 is 1.70 bits per heavy atom. The Bertz CT molecular complexity index is 547. The minimum absolute atomic E-state index is 0.0512. The quantitative estimate of drug-likeness (QED) is 0.737. The maximum absolute atomic E-state index is 12.6. The Labute approximate surface area is 119 Å². The SMILES string of the molecule is Cc1cc(C)c(N2C(=O)[C@H]3CCCCN3C2=O)c(C)c1. The Balaban J connectivity index is 2.06. The predicted molar refractivity (Wildman–Crippen MR) is 77.9 cm³/mol. The minimum atomic E-state index is -0.239. The molecule has 106 valence electrons. The number of aryl methyl sites for hydroxylation is 3. The lowest BCUT2D eigenvalue weighted by Gasteiger charge is -2.26. The first-order valence-corrected chi connectivity index (χ1v) is 7.23. The van der Waals surface area contributed by atoms with E-state index in [0.717, 1.165) is 41.6 Å². The van der Waals surface area contributed by atoms with Crippen LogP contribution in [0.5, 0.6) is 0 Å². The van der Waals surface area contributed by atoms with E-state index < -0.39 is 0 Å². The van der Waals surface area contributed by atoms with Gasteiger partial charge >= 0.3 is 6.03 Å². The smallest absolute Gasteiger partial charge is 0.312 e. The van der Waals surface area contributed by atoms with E-state index in [0.29, 0.717) is 6.54 Å². The zero-order valence-corrected chi connectivity index (χ0v) is 12.3. The third-order valence-corrected chi connectivity index (χ3v) is 4.30. The molecule has 0 aliphatic carbocycles. The lowest BCUT2D eigenvalue weighted by Crippen LogP contribution is -2.39. The molecule has 4 heteroatoms. The summed E-state index contributed by atoms with van der Waals surface area (Å²) in [4.78, 5) is 28.3. The minimum Gasteiger partial charge on any atom is -0.312 e. The van der Waals surface area contributed by atoms with Gasteiger partial charge in [-0.05, 0) is 51.2 Å². The summed E-state index contributed by atoms with van der Waals surface area (Å²) < 4.78 is 0. The van der Waals surface area contributed by atoms with E-state index in [-0.39, 0.29) is 18.0 Å². The molecule has 0 spiro atoms. The van der Waals surface area contributed by atoms with Crippen molar-refractivity contribution in [2.45, 2.75) is 46.1 Å². The highest BCUT2D eigenvalue weighted by Crippen LogP contribution is 2.34. The number of fused-ring (bicyclic) bond motifs is 1.